The third-order valence-electron chi connectivity index (χ3n) is 6.61. The van der Waals surface area contributed by atoms with Crippen LogP contribution in [0.5, 0.6) is 0 Å². The maximum atomic E-state index is 13.5. The van der Waals surface area contributed by atoms with Crippen LogP contribution in [0.2, 0.25) is 0 Å². The second-order valence-corrected chi connectivity index (χ2v) is 12.4. The summed E-state index contributed by atoms with van der Waals surface area (Å²) >= 11 is 0. The molecule has 2 atom stereocenters. The van der Waals surface area contributed by atoms with Gasteiger partial charge in [0, 0.05) is 5.56 Å². The average molecular weight is 611 g/mol. The number of para-hydroxylation sites is 2. The summed E-state index contributed by atoms with van der Waals surface area (Å²) in [6, 6.07) is 8.55. The van der Waals surface area contributed by atoms with Crippen LogP contribution < -0.4 is 10.6 Å². The summed E-state index contributed by atoms with van der Waals surface area (Å²) in [5.41, 5.74) is 0.855. The SMILES string of the molecule is CC[C@H](NC(=O)[C@H](CCS(=O)(=O)CC1CC1)NC(=NCC(F)(F)F)c1ccc(F)cc1)C(=O)c1nc2ccccc2o1. The van der Waals surface area contributed by atoms with Gasteiger partial charge < -0.3 is 15.1 Å². The molecule has 14 heteroatoms. The third kappa shape index (κ3) is 8.84. The molecule has 1 heterocycles. The number of ketones is 1. The Morgan fingerprint density at radius 1 is 1.07 bits per heavy atom. The van der Waals surface area contributed by atoms with Gasteiger partial charge in [-0.3, -0.25) is 14.6 Å². The first-order valence-corrected chi connectivity index (χ1v) is 15.2. The number of amides is 1. The first-order valence-electron chi connectivity index (χ1n) is 13.4. The number of rotatable bonds is 13. The number of alkyl halides is 3. The van der Waals surface area contributed by atoms with E-state index in [9.17, 15) is 35.6 Å². The largest absolute Gasteiger partial charge is 0.434 e. The number of fused-ring (bicyclic) bond motifs is 1. The number of nitrogens with one attached hydrogen (secondary N) is 2. The molecule has 0 aliphatic heterocycles. The smallest absolute Gasteiger partial charge is 0.408 e. The molecule has 9 nitrogen and oxygen atoms in total. The minimum atomic E-state index is -4.68. The van der Waals surface area contributed by atoms with Crippen LogP contribution in [0.15, 0.2) is 57.9 Å². The molecule has 1 fully saturated rings. The van der Waals surface area contributed by atoms with Crippen molar-refractivity contribution in [2.24, 2.45) is 10.9 Å². The second-order valence-electron chi connectivity index (χ2n) is 10.2. The Morgan fingerprint density at radius 2 is 1.76 bits per heavy atom. The first kappa shape index (κ1) is 31.1. The molecule has 3 aromatic rings. The van der Waals surface area contributed by atoms with Gasteiger partial charge in [0.1, 0.15) is 29.8 Å². The number of hydrogen-bond acceptors (Lipinski definition) is 7. The van der Waals surface area contributed by atoms with Gasteiger partial charge in [-0.25, -0.2) is 17.8 Å². The number of carbonyl (C=O) groups is 2. The van der Waals surface area contributed by atoms with Gasteiger partial charge in [-0.05, 0) is 68.0 Å². The van der Waals surface area contributed by atoms with E-state index in [0.29, 0.717) is 11.1 Å². The molecule has 0 saturated heterocycles. The predicted octanol–water partition coefficient (Wildman–Crippen LogP) is 4.23. The van der Waals surface area contributed by atoms with Gasteiger partial charge in [0.15, 0.2) is 15.4 Å². The summed E-state index contributed by atoms with van der Waals surface area (Å²) in [6.07, 6.45) is -3.31. The van der Waals surface area contributed by atoms with Crippen LogP contribution in [0.3, 0.4) is 0 Å². The molecule has 42 heavy (non-hydrogen) atoms. The van der Waals surface area contributed by atoms with Gasteiger partial charge >= 0.3 is 6.18 Å². The highest BCUT2D eigenvalue weighted by Crippen LogP contribution is 2.30. The lowest BCUT2D eigenvalue weighted by Crippen LogP contribution is -2.52. The number of oxazole rings is 1. The summed E-state index contributed by atoms with van der Waals surface area (Å²) in [6.45, 7) is 0.0254. The summed E-state index contributed by atoms with van der Waals surface area (Å²) in [5, 5.41) is 5.19. The Morgan fingerprint density at radius 3 is 2.38 bits per heavy atom. The quantitative estimate of drug-likeness (QED) is 0.128. The van der Waals surface area contributed by atoms with E-state index in [1.165, 1.54) is 12.1 Å². The van der Waals surface area contributed by atoms with E-state index in [0.717, 1.165) is 25.0 Å². The van der Waals surface area contributed by atoms with E-state index in [-0.39, 0.29) is 41.8 Å². The molecule has 1 aliphatic rings. The van der Waals surface area contributed by atoms with Crippen molar-refractivity contribution in [2.75, 3.05) is 18.1 Å². The van der Waals surface area contributed by atoms with Gasteiger partial charge in [0.2, 0.25) is 11.7 Å². The first-order chi connectivity index (χ1) is 19.8. The minimum absolute atomic E-state index is 0.0499. The Bertz CT molecular complexity index is 1520. The van der Waals surface area contributed by atoms with Crippen LogP contribution in [0.1, 0.15) is 48.9 Å². The molecular weight excluding hydrogens is 580 g/mol. The number of hydrogen-bond donors (Lipinski definition) is 2. The second kappa shape index (κ2) is 13.0. The summed E-state index contributed by atoms with van der Waals surface area (Å²) in [5.74, 6) is -3.16. The maximum Gasteiger partial charge on any atom is 0.408 e. The Hall–Kier alpha value is -3.81. The van der Waals surface area contributed by atoms with Crippen LogP contribution >= 0.6 is 0 Å². The Kier molecular flexibility index (Phi) is 9.64. The van der Waals surface area contributed by atoms with Crippen LogP contribution in [-0.2, 0) is 14.6 Å². The zero-order valence-corrected chi connectivity index (χ0v) is 23.5. The fourth-order valence-electron chi connectivity index (χ4n) is 4.21. The summed E-state index contributed by atoms with van der Waals surface area (Å²) in [4.78, 5) is 34.4. The van der Waals surface area contributed by atoms with Crippen LogP contribution in [0.4, 0.5) is 17.6 Å². The lowest BCUT2D eigenvalue weighted by atomic mass is 10.1. The van der Waals surface area contributed by atoms with Gasteiger partial charge in [0.05, 0.1) is 17.5 Å². The molecule has 0 spiro atoms. The molecule has 2 aromatic carbocycles. The number of Topliss-reactive ketones (excluding diaryl/α,β-unsaturated/α-hetero) is 1. The Balaban J connectivity index is 1.58. The van der Waals surface area contributed by atoms with Crippen molar-refractivity contribution in [3.05, 3.63) is 65.8 Å². The van der Waals surface area contributed by atoms with E-state index in [1.54, 1.807) is 31.2 Å². The number of halogens is 4. The normalized spacial score (nSPS) is 15.8. The predicted molar refractivity (Wildman–Crippen MR) is 147 cm³/mol. The van der Waals surface area contributed by atoms with E-state index >= 15 is 0 Å². The van der Waals surface area contributed by atoms with Crippen molar-refractivity contribution in [1.82, 2.24) is 15.6 Å². The highest BCUT2D eigenvalue weighted by molar-refractivity contribution is 7.91. The van der Waals surface area contributed by atoms with Crippen molar-refractivity contribution in [1.29, 1.82) is 0 Å². The molecule has 1 amide bonds. The molecule has 1 aromatic heterocycles. The number of aromatic nitrogens is 1. The molecule has 226 valence electrons. The number of sulfone groups is 1. The summed E-state index contributed by atoms with van der Waals surface area (Å²) in [7, 11) is -3.58. The fourth-order valence-corrected chi connectivity index (χ4v) is 6.02. The molecule has 1 saturated carbocycles. The van der Waals surface area contributed by atoms with Gasteiger partial charge in [-0.1, -0.05) is 19.1 Å². The molecular formula is C28H30F4N4O5S. The van der Waals surface area contributed by atoms with Crippen molar-refractivity contribution in [3.8, 4) is 0 Å². The summed E-state index contributed by atoms with van der Waals surface area (Å²) < 4.78 is 83.6. The van der Waals surface area contributed by atoms with E-state index in [1.807, 2.05) is 0 Å². The lowest BCUT2D eigenvalue weighted by molar-refractivity contribution is -0.123. The van der Waals surface area contributed by atoms with Crippen molar-refractivity contribution in [2.45, 2.75) is 50.9 Å². The number of carbonyl (C=O) groups excluding carboxylic acids is 2. The fraction of sp³-hybridized carbons (Fsp3) is 0.429. The highest BCUT2D eigenvalue weighted by Gasteiger charge is 2.33. The van der Waals surface area contributed by atoms with Crippen LogP contribution in [-0.4, -0.2) is 67.2 Å². The third-order valence-corrected chi connectivity index (χ3v) is 8.45. The van der Waals surface area contributed by atoms with E-state index in [2.05, 4.69) is 20.6 Å². The zero-order chi connectivity index (χ0) is 30.5. The van der Waals surface area contributed by atoms with Crippen molar-refractivity contribution >= 4 is 38.5 Å². The van der Waals surface area contributed by atoms with Crippen LogP contribution in [0.25, 0.3) is 11.1 Å². The van der Waals surface area contributed by atoms with Crippen molar-refractivity contribution in [3.63, 3.8) is 0 Å². The molecule has 0 bridgehead atoms. The van der Waals surface area contributed by atoms with E-state index in [4.69, 9.17) is 4.42 Å². The standard InChI is InChI=1S/C28H30F4N4O5S/c1-2-20(24(37)27-36-21-5-3-4-6-23(21)41-27)35-26(38)22(13-14-42(39,40)15-17-7-8-17)34-25(33-16-28(30,31)32)18-9-11-19(29)12-10-18/h3-6,9-12,17,20,22H,2,7-8,13-16H2,1H3,(H,33,34)(H,35,38)/t20-,22-/m0/s1. The number of benzene rings is 2. The monoisotopic (exact) mass is 610 g/mol. The maximum absolute atomic E-state index is 13.5. The molecule has 2 N–H and O–H groups in total. The zero-order valence-electron chi connectivity index (χ0n) is 22.7. The minimum Gasteiger partial charge on any atom is -0.434 e. The van der Waals surface area contributed by atoms with Gasteiger partial charge in [0.25, 0.3) is 5.89 Å². The molecule has 0 unspecified atom stereocenters. The number of aliphatic imine (C=N–C) groups is 1. The van der Waals surface area contributed by atoms with E-state index < -0.39 is 57.9 Å². The van der Waals surface area contributed by atoms with Gasteiger partial charge in [-0.15, -0.1) is 0 Å². The number of nitrogens with zero attached hydrogens (tertiary/aromatic N) is 2. The van der Waals surface area contributed by atoms with Crippen LogP contribution in [0, 0.1) is 11.7 Å². The molecule has 4 rings (SSSR count). The highest BCUT2D eigenvalue weighted by atomic mass is 32.2. The molecule has 0 radical (unpaired) electrons. The lowest BCUT2D eigenvalue weighted by Gasteiger charge is -2.23. The Labute approximate surface area is 239 Å². The topological polar surface area (TPSA) is 131 Å². The number of amidine groups is 1. The van der Waals surface area contributed by atoms with Gasteiger partial charge in [-0.2, -0.15) is 13.2 Å². The average Bonchev–Trinajstić information content (AvgIpc) is 3.63. The van der Waals surface area contributed by atoms with Crippen molar-refractivity contribution < 1.29 is 40.0 Å². The molecule has 1 aliphatic carbocycles.